The van der Waals surface area contributed by atoms with Crippen molar-refractivity contribution in [3.8, 4) is 0 Å². The molecule has 0 N–H and O–H groups in total. The van der Waals surface area contributed by atoms with Gasteiger partial charge in [-0.15, -0.1) is 0 Å². The Hall–Kier alpha value is -1.96. The molecular weight excluding hydrogens is 268 g/mol. The predicted molar refractivity (Wildman–Crippen MR) is 94.5 cm³/mol. The second-order valence-corrected chi connectivity index (χ2v) is 7.80. The highest BCUT2D eigenvalue weighted by Crippen LogP contribution is 2.29. The van der Waals surface area contributed by atoms with Crippen LogP contribution in [0, 0.1) is 0 Å². The average Bonchev–Trinajstić information content (AvgIpc) is 2.44. The van der Waals surface area contributed by atoms with Crippen LogP contribution < -0.4 is 0 Å². The van der Waals surface area contributed by atoms with Gasteiger partial charge in [-0.1, -0.05) is 65.8 Å². The number of benzene rings is 2. The predicted octanol–water partition coefficient (Wildman–Crippen LogP) is 6.70. The van der Waals surface area contributed by atoms with Gasteiger partial charge in [-0.3, -0.25) is 0 Å². The molecule has 0 spiro atoms. The van der Waals surface area contributed by atoms with Crippen molar-refractivity contribution >= 4 is 11.4 Å². The van der Waals surface area contributed by atoms with Crippen LogP contribution in [-0.2, 0) is 10.8 Å². The van der Waals surface area contributed by atoms with Gasteiger partial charge in [0.1, 0.15) is 0 Å². The summed E-state index contributed by atoms with van der Waals surface area (Å²) in [5.74, 6) is 0. The molecule has 0 unspecified atom stereocenters. The first-order valence-electron chi connectivity index (χ1n) is 7.79. The molecule has 0 bridgehead atoms. The molecule has 22 heavy (non-hydrogen) atoms. The molecule has 0 heterocycles. The van der Waals surface area contributed by atoms with E-state index < -0.39 is 0 Å². The van der Waals surface area contributed by atoms with Crippen molar-refractivity contribution in [1.82, 2.24) is 0 Å². The van der Waals surface area contributed by atoms with Crippen LogP contribution in [0.5, 0.6) is 0 Å². The Morgan fingerprint density at radius 1 is 0.591 bits per heavy atom. The molecule has 2 aromatic carbocycles. The van der Waals surface area contributed by atoms with Crippen molar-refractivity contribution in [2.45, 2.75) is 52.4 Å². The lowest BCUT2D eigenvalue weighted by molar-refractivity contribution is 0.590. The minimum Gasteiger partial charge on any atom is -0.151 e. The third-order valence-corrected chi connectivity index (χ3v) is 3.71. The molecule has 2 nitrogen and oxygen atoms in total. The van der Waals surface area contributed by atoms with Crippen LogP contribution in [0.2, 0.25) is 0 Å². The number of rotatable bonds is 2. The molecule has 0 aliphatic carbocycles. The van der Waals surface area contributed by atoms with Crippen molar-refractivity contribution in [2.75, 3.05) is 0 Å². The summed E-state index contributed by atoms with van der Waals surface area (Å²) in [6, 6.07) is 16.6. The number of azo groups is 1. The number of hydrogen-bond acceptors (Lipinski definition) is 2. The van der Waals surface area contributed by atoms with Crippen molar-refractivity contribution in [2.24, 2.45) is 10.2 Å². The van der Waals surface area contributed by atoms with Crippen molar-refractivity contribution in [3.05, 3.63) is 59.7 Å². The van der Waals surface area contributed by atoms with Gasteiger partial charge >= 0.3 is 0 Å². The van der Waals surface area contributed by atoms with E-state index in [2.05, 4.69) is 76.0 Å². The highest BCUT2D eigenvalue weighted by molar-refractivity contribution is 5.45. The molecule has 0 amide bonds. The zero-order valence-electron chi connectivity index (χ0n) is 14.5. The van der Waals surface area contributed by atoms with Crippen LogP contribution in [0.4, 0.5) is 11.4 Å². The van der Waals surface area contributed by atoms with Gasteiger partial charge in [0.15, 0.2) is 0 Å². The topological polar surface area (TPSA) is 24.7 Å². The van der Waals surface area contributed by atoms with Crippen LogP contribution in [-0.4, -0.2) is 0 Å². The van der Waals surface area contributed by atoms with Gasteiger partial charge in [0.2, 0.25) is 0 Å². The molecule has 0 radical (unpaired) electrons. The van der Waals surface area contributed by atoms with E-state index in [0.29, 0.717) is 0 Å². The van der Waals surface area contributed by atoms with Crippen LogP contribution in [0.25, 0.3) is 0 Å². The van der Waals surface area contributed by atoms with Crippen molar-refractivity contribution in [3.63, 3.8) is 0 Å². The van der Waals surface area contributed by atoms with Gasteiger partial charge in [-0.05, 0) is 46.2 Å². The normalized spacial score (nSPS) is 12.8. The van der Waals surface area contributed by atoms with E-state index >= 15 is 0 Å². The summed E-state index contributed by atoms with van der Waals surface area (Å²) in [5.41, 5.74) is 4.58. The van der Waals surface area contributed by atoms with E-state index in [4.69, 9.17) is 0 Å². The SMILES string of the molecule is CC(C)(C)c1cccc(N=Nc2cccc(C(C)(C)C)c2)c1. The zero-order valence-corrected chi connectivity index (χ0v) is 14.5. The Morgan fingerprint density at radius 3 is 1.27 bits per heavy atom. The first-order valence-corrected chi connectivity index (χ1v) is 7.79. The third kappa shape index (κ3) is 4.27. The summed E-state index contributed by atoms with van der Waals surface area (Å²) in [6.45, 7) is 13.2. The average molecular weight is 294 g/mol. The minimum atomic E-state index is 0.123. The standard InChI is InChI=1S/C20H26N2/c1-19(2,3)15-9-7-11-17(13-15)21-22-18-12-8-10-16(14-18)20(4,5)6/h7-14H,1-6H3. The maximum absolute atomic E-state index is 4.40. The Labute approximate surface area is 134 Å². The van der Waals surface area contributed by atoms with Crippen LogP contribution in [0.15, 0.2) is 58.8 Å². The summed E-state index contributed by atoms with van der Waals surface area (Å²) in [7, 11) is 0. The fraction of sp³-hybridized carbons (Fsp3) is 0.400. The summed E-state index contributed by atoms with van der Waals surface area (Å²) in [6.07, 6.45) is 0. The monoisotopic (exact) mass is 294 g/mol. The molecule has 0 saturated carbocycles. The van der Waals surface area contributed by atoms with Crippen LogP contribution in [0.3, 0.4) is 0 Å². The molecule has 2 aromatic rings. The van der Waals surface area contributed by atoms with E-state index in [-0.39, 0.29) is 10.8 Å². The Bertz CT molecular complexity index is 611. The van der Waals surface area contributed by atoms with Gasteiger partial charge in [-0.2, -0.15) is 10.2 Å². The maximum Gasteiger partial charge on any atom is 0.0860 e. The fourth-order valence-corrected chi connectivity index (χ4v) is 2.18. The highest BCUT2D eigenvalue weighted by atomic mass is 15.1. The fourth-order valence-electron chi connectivity index (χ4n) is 2.18. The molecule has 2 heteroatoms. The molecule has 0 atom stereocenters. The van der Waals surface area contributed by atoms with Crippen molar-refractivity contribution in [1.29, 1.82) is 0 Å². The molecule has 0 saturated heterocycles. The van der Waals surface area contributed by atoms with E-state index in [0.717, 1.165) is 11.4 Å². The Kier molecular flexibility index (Phi) is 4.50. The van der Waals surface area contributed by atoms with Crippen molar-refractivity contribution < 1.29 is 0 Å². The molecule has 0 aromatic heterocycles. The van der Waals surface area contributed by atoms with Gasteiger partial charge in [-0.25, -0.2) is 0 Å². The third-order valence-electron chi connectivity index (χ3n) is 3.71. The number of nitrogens with zero attached hydrogens (tertiary/aromatic N) is 2. The molecule has 0 aliphatic heterocycles. The van der Waals surface area contributed by atoms with Crippen LogP contribution in [0.1, 0.15) is 52.7 Å². The zero-order chi connectivity index (χ0) is 16.4. The van der Waals surface area contributed by atoms with Gasteiger partial charge in [0.05, 0.1) is 11.4 Å². The molecule has 0 aliphatic rings. The van der Waals surface area contributed by atoms with Gasteiger partial charge < -0.3 is 0 Å². The smallest absolute Gasteiger partial charge is 0.0860 e. The first-order chi connectivity index (χ1) is 10.2. The Balaban J connectivity index is 2.26. The molecule has 0 fully saturated rings. The highest BCUT2D eigenvalue weighted by Gasteiger charge is 2.14. The van der Waals surface area contributed by atoms with E-state index in [1.165, 1.54) is 11.1 Å². The molecule has 2 rings (SSSR count). The summed E-state index contributed by atoms with van der Waals surface area (Å²) >= 11 is 0. The molecular formula is C20H26N2. The second kappa shape index (κ2) is 6.04. The van der Waals surface area contributed by atoms with E-state index in [1.54, 1.807) is 0 Å². The van der Waals surface area contributed by atoms with Crippen LogP contribution >= 0.6 is 0 Å². The summed E-state index contributed by atoms with van der Waals surface area (Å²) in [5, 5.41) is 8.80. The lowest BCUT2D eigenvalue weighted by atomic mass is 9.87. The summed E-state index contributed by atoms with van der Waals surface area (Å²) < 4.78 is 0. The van der Waals surface area contributed by atoms with Gasteiger partial charge in [0.25, 0.3) is 0 Å². The lowest BCUT2D eigenvalue weighted by Gasteiger charge is -2.19. The van der Waals surface area contributed by atoms with E-state index in [1.807, 2.05) is 24.3 Å². The Morgan fingerprint density at radius 2 is 0.955 bits per heavy atom. The lowest BCUT2D eigenvalue weighted by Crippen LogP contribution is -2.10. The van der Waals surface area contributed by atoms with E-state index in [9.17, 15) is 0 Å². The maximum atomic E-state index is 4.40. The minimum absolute atomic E-state index is 0.123. The largest absolute Gasteiger partial charge is 0.151 e. The number of hydrogen-bond donors (Lipinski definition) is 0. The quantitative estimate of drug-likeness (QED) is 0.551. The first kappa shape index (κ1) is 16.4. The molecule has 116 valence electrons. The second-order valence-electron chi connectivity index (χ2n) is 7.80. The summed E-state index contributed by atoms with van der Waals surface area (Å²) in [4.78, 5) is 0. The van der Waals surface area contributed by atoms with Gasteiger partial charge in [0, 0.05) is 0 Å².